The van der Waals surface area contributed by atoms with E-state index in [2.05, 4.69) is 15.7 Å². The summed E-state index contributed by atoms with van der Waals surface area (Å²) >= 11 is 0. The summed E-state index contributed by atoms with van der Waals surface area (Å²) in [4.78, 5) is 37.5. The number of nitrogens with one attached hydrogen (secondary N) is 2. The molecule has 0 aliphatic rings. The number of nitrogens with zero attached hydrogens (tertiary/aromatic N) is 2. The number of carboxylic acid groups (broad SMARTS) is 1. The van der Waals surface area contributed by atoms with Gasteiger partial charge in [0.15, 0.2) is 0 Å². The van der Waals surface area contributed by atoms with E-state index < -0.39 is 35.9 Å². The highest BCUT2D eigenvalue weighted by Gasteiger charge is 2.23. The molecule has 4 aromatic rings. The first-order valence-electron chi connectivity index (χ1n) is 13.1. The summed E-state index contributed by atoms with van der Waals surface area (Å²) in [6.07, 6.45) is -1.52. The maximum Gasteiger partial charge on any atom is 0.412 e. The lowest BCUT2D eigenvalue weighted by atomic mass is 10.0. The molecule has 0 bridgehead atoms. The maximum atomic E-state index is 14.1. The van der Waals surface area contributed by atoms with Gasteiger partial charge in [0.25, 0.3) is 5.91 Å². The van der Waals surface area contributed by atoms with Gasteiger partial charge in [-0.1, -0.05) is 42.5 Å². The summed E-state index contributed by atoms with van der Waals surface area (Å²) < 4.78 is 26.2. The number of benzene rings is 3. The molecule has 0 saturated carbocycles. The molecule has 0 aliphatic heterocycles. The Balaban J connectivity index is 1.46. The Labute approximate surface area is 242 Å². The minimum Gasteiger partial charge on any atom is -0.497 e. The van der Waals surface area contributed by atoms with Crippen molar-refractivity contribution in [3.05, 3.63) is 101 Å². The Kier molecular flexibility index (Phi) is 9.21. The molecule has 0 radical (unpaired) electrons. The van der Waals surface area contributed by atoms with Gasteiger partial charge in [0.2, 0.25) is 0 Å². The van der Waals surface area contributed by atoms with Crippen molar-refractivity contribution in [3.8, 4) is 17.0 Å². The number of aliphatic carboxylic acids is 1. The molecule has 0 saturated heterocycles. The number of amides is 2. The van der Waals surface area contributed by atoms with Crippen molar-refractivity contribution in [3.63, 3.8) is 0 Å². The number of carbonyl (C=O) groups excluding carboxylic acids is 2. The fraction of sp³-hybridized carbons (Fsp3) is 0.226. The number of aryl methyl sites for hydroxylation is 1. The second-order valence-electron chi connectivity index (χ2n) is 9.62. The zero-order valence-electron chi connectivity index (χ0n) is 23.6. The molecule has 10 nitrogen and oxygen atoms in total. The zero-order chi connectivity index (χ0) is 30.4. The topological polar surface area (TPSA) is 132 Å². The molecule has 4 rings (SSSR count). The molecule has 0 aliphatic carbocycles. The van der Waals surface area contributed by atoms with Crippen LogP contribution in [-0.2, 0) is 23.0 Å². The van der Waals surface area contributed by atoms with E-state index in [9.17, 15) is 23.9 Å². The van der Waals surface area contributed by atoms with Gasteiger partial charge in [-0.15, -0.1) is 0 Å². The van der Waals surface area contributed by atoms with Crippen molar-refractivity contribution in [2.45, 2.75) is 32.4 Å². The van der Waals surface area contributed by atoms with Gasteiger partial charge in [-0.2, -0.15) is 5.10 Å². The molecular weight excluding hydrogens is 543 g/mol. The van der Waals surface area contributed by atoms with Crippen LogP contribution in [0.15, 0.2) is 72.8 Å². The first-order chi connectivity index (χ1) is 20.1. The molecule has 42 heavy (non-hydrogen) atoms. The van der Waals surface area contributed by atoms with Crippen LogP contribution in [0.3, 0.4) is 0 Å². The summed E-state index contributed by atoms with van der Waals surface area (Å²) in [5, 5.41) is 19.4. The predicted molar refractivity (Wildman–Crippen MR) is 154 cm³/mol. The van der Waals surface area contributed by atoms with Gasteiger partial charge in [0.1, 0.15) is 29.4 Å². The van der Waals surface area contributed by atoms with Crippen LogP contribution >= 0.6 is 0 Å². The summed E-state index contributed by atoms with van der Waals surface area (Å²) in [7, 11) is 3.26. The molecule has 3 aromatic carbocycles. The minimum atomic E-state index is -1.16. The second-order valence-corrected chi connectivity index (χ2v) is 9.62. The molecule has 2 atom stereocenters. The number of hydrogen-bond donors (Lipinski definition) is 3. The van der Waals surface area contributed by atoms with Crippen molar-refractivity contribution in [2.75, 3.05) is 12.4 Å². The van der Waals surface area contributed by atoms with Crippen LogP contribution in [0, 0.1) is 12.7 Å². The molecule has 3 N–H and O–H groups in total. The molecular formula is C31H31FN4O6. The number of hydrogen-bond acceptors (Lipinski definition) is 6. The average molecular weight is 575 g/mol. The quantitative estimate of drug-likeness (QED) is 0.235. The fourth-order valence-electron chi connectivity index (χ4n) is 4.34. The Morgan fingerprint density at radius 1 is 1.02 bits per heavy atom. The highest BCUT2D eigenvalue weighted by atomic mass is 19.1. The van der Waals surface area contributed by atoms with Crippen LogP contribution in [0.2, 0.25) is 0 Å². The van der Waals surface area contributed by atoms with Crippen LogP contribution in [-0.4, -0.2) is 46.0 Å². The third-order valence-corrected chi connectivity index (χ3v) is 6.81. The maximum absolute atomic E-state index is 14.1. The number of ether oxygens (including phenoxy) is 2. The first-order valence-corrected chi connectivity index (χ1v) is 13.1. The summed E-state index contributed by atoms with van der Waals surface area (Å²) in [6, 6.07) is 18.2. The lowest BCUT2D eigenvalue weighted by Crippen LogP contribution is -2.42. The van der Waals surface area contributed by atoms with Crippen molar-refractivity contribution in [1.82, 2.24) is 15.1 Å². The number of halogens is 1. The van der Waals surface area contributed by atoms with Gasteiger partial charge in [-0.05, 0) is 49.7 Å². The van der Waals surface area contributed by atoms with Crippen LogP contribution in [0.5, 0.6) is 5.75 Å². The monoisotopic (exact) mass is 574 g/mol. The van der Waals surface area contributed by atoms with Crippen molar-refractivity contribution in [1.29, 1.82) is 0 Å². The molecule has 2 unspecified atom stereocenters. The van der Waals surface area contributed by atoms with Crippen LogP contribution < -0.4 is 15.4 Å². The van der Waals surface area contributed by atoms with Crippen molar-refractivity contribution in [2.24, 2.45) is 7.05 Å². The average Bonchev–Trinajstić information content (AvgIpc) is 3.25. The highest BCUT2D eigenvalue weighted by Crippen LogP contribution is 2.31. The molecule has 218 valence electrons. The number of methoxy groups -OCH3 is 1. The smallest absolute Gasteiger partial charge is 0.412 e. The molecule has 0 spiro atoms. The number of anilines is 1. The minimum absolute atomic E-state index is 0.0943. The third kappa shape index (κ3) is 6.92. The van der Waals surface area contributed by atoms with E-state index >= 15 is 0 Å². The largest absolute Gasteiger partial charge is 0.497 e. The van der Waals surface area contributed by atoms with Crippen molar-refractivity contribution < 1.29 is 33.4 Å². The molecule has 2 amide bonds. The van der Waals surface area contributed by atoms with Gasteiger partial charge in [-0.3, -0.25) is 14.8 Å². The molecule has 1 heterocycles. The molecule has 0 fully saturated rings. The van der Waals surface area contributed by atoms with E-state index in [1.807, 2.05) is 0 Å². The lowest BCUT2D eigenvalue weighted by molar-refractivity contribution is -0.139. The summed E-state index contributed by atoms with van der Waals surface area (Å²) in [5.74, 6) is -1.55. The first kappa shape index (κ1) is 29.8. The molecule has 11 heteroatoms. The fourth-order valence-corrected chi connectivity index (χ4v) is 4.34. The van der Waals surface area contributed by atoms with Crippen LogP contribution in [0.25, 0.3) is 11.3 Å². The van der Waals surface area contributed by atoms with Crippen molar-refractivity contribution >= 4 is 23.7 Å². The summed E-state index contributed by atoms with van der Waals surface area (Å²) in [5.41, 5.74) is 3.29. The number of carbonyl (C=O) groups is 3. The van der Waals surface area contributed by atoms with E-state index in [1.165, 1.54) is 13.2 Å². The third-order valence-electron chi connectivity index (χ3n) is 6.81. The number of rotatable bonds is 10. The van der Waals surface area contributed by atoms with Crippen LogP contribution in [0.1, 0.15) is 40.2 Å². The summed E-state index contributed by atoms with van der Waals surface area (Å²) in [6.45, 7) is 3.34. The molecule has 1 aromatic heterocycles. The van der Waals surface area contributed by atoms with Gasteiger partial charge in [0.05, 0.1) is 18.5 Å². The zero-order valence-corrected chi connectivity index (χ0v) is 23.6. The van der Waals surface area contributed by atoms with Gasteiger partial charge in [0, 0.05) is 30.2 Å². The van der Waals surface area contributed by atoms with E-state index in [0.29, 0.717) is 28.4 Å². The Morgan fingerprint density at radius 2 is 1.69 bits per heavy atom. The number of carboxylic acids is 1. The Morgan fingerprint density at radius 3 is 2.31 bits per heavy atom. The van der Waals surface area contributed by atoms with E-state index in [4.69, 9.17) is 9.47 Å². The standard InChI is InChI=1S/C31H31FN4O6/c1-18-27(34-31(40)42-19(2)24-7-5-6-8-25(24)32)28(35-36(18)3)21-11-13-22(14-12-21)29(37)33-26(30(38)39)17-20-9-15-23(41-4)16-10-20/h5-16,19,26H,17H2,1-4H3,(H,33,37)(H,34,40)(H,38,39). The lowest BCUT2D eigenvalue weighted by Gasteiger charge is -2.16. The Bertz CT molecular complexity index is 1580. The van der Waals surface area contributed by atoms with Gasteiger partial charge >= 0.3 is 12.1 Å². The highest BCUT2D eigenvalue weighted by molar-refractivity contribution is 5.97. The van der Waals surface area contributed by atoms with Gasteiger partial charge in [-0.25, -0.2) is 14.0 Å². The normalized spacial score (nSPS) is 12.2. The SMILES string of the molecule is COc1ccc(CC(NC(=O)c2ccc(-c3nn(C)c(C)c3NC(=O)OC(C)c3ccccc3F)cc2)C(=O)O)cc1. The van der Waals surface area contributed by atoms with E-state index in [-0.39, 0.29) is 17.5 Å². The van der Waals surface area contributed by atoms with E-state index in [1.54, 1.807) is 92.3 Å². The predicted octanol–water partition coefficient (Wildman–Crippen LogP) is 5.28. The van der Waals surface area contributed by atoms with E-state index in [0.717, 1.165) is 5.56 Å². The number of aromatic nitrogens is 2. The van der Waals surface area contributed by atoms with Gasteiger partial charge < -0.3 is 19.9 Å². The second kappa shape index (κ2) is 13.0. The van der Waals surface area contributed by atoms with Crippen LogP contribution in [0.4, 0.5) is 14.9 Å². The Hall–Kier alpha value is -5.19.